The third-order valence-corrected chi connectivity index (χ3v) is 7.46. The van der Waals surface area contributed by atoms with Crippen LogP contribution in [0.2, 0.25) is 0 Å². The SMILES string of the molecule is O=c1c2ccccc2nc(-c2nc(-c3ccccc3)c3ccccc3n2)n1-c1nc(-c2ccccc2)c2ccccc2n1. The van der Waals surface area contributed by atoms with E-state index in [4.69, 9.17) is 24.9 Å². The molecule has 7 heteroatoms. The average Bonchev–Trinajstić information content (AvgIpc) is 3.08. The summed E-state index contributed by atoms with van der Waals surface area (Å²) >= 11 is 0. The predicted octanol–water partition coefficient (Wildman–Crippen LogP) is 7.27. The van der Waals surface area contributed by atoms with E-state index in [2.05, 4.69) is 0 Å². The molecule has 0 bridgehead atoms. The molecule has 0 radical (unpaired) electrons. The summed E-state index contributed by atoms with van der Waals surface area (Å²) in [5.74, 6) is 0.771. The van der Waals surface area contributed by atoms with Crippen molar-refractivity contribution in [1.82, 2.24) is 29.5 Å². The molecule has 0 aliphatic heterocycles. The van der Waals surface area contributed by atoms with Crippen LogP contribution >= 0.6 is 0 Å². The first-order valence-corrected chi connectivity index (χ1v) is 13.9. The van der Waals surface area contributed by atoms with Gasteiger partial charge in [0.15, 0.2) is 11.6 Å². The highest BCUT2D eigenvalue weighted by Crippen LogP contribution is 2.31. The minimum atomic E-state index is -0.298. The molecular weight excluding hydrogens is 532 g/mol. The van der Waals surface area contributed by atoms with E-state index in [0.717, 1.165) is 38.8 Å². The number of hydrogen-bond acceptors (Lipinski definition) is 6. The molecule has 0 spiro atoms. The van der Waals surface area contributed by atoms with Gasteiger partial charge in [-0.1, -0.05) is 109 Å². The molecule has 0 amide bonds. The summed E-state index contributed by atoms with van der Waals surface area (Å²) in [4.78, 5) is 39.1. The van der Waals surface area contributed by atoms with Gasteiger partial charge in [0.1, 0.15) is 0 Å². The lowest BCUT2D eigenvalue weighted by Gasteiger charge is -2.15. The van der Waals surface area contributed by atoms with Crippen molar-refractivity contribution >= 4 is 32.7 Å². The minimum Gasteiger partial charge on any atom is -0.268 e. The fourth-order valence-electron chi connectivity index (χ4n) is 5.44. The summed E-state index contributed by atoms with van der Waals surface area (Å²) in [6, 6.07) is 42.8. The van der Waals surface area contributed by atoms with Crippen LogP contribution in [0.3, 0.4) is 0 Å². The van der Waals surface area contributed by atoms with Crippen LogP contribution in [0.4, 0.5) is 0 Å². The molecule has 0 aliphatic carbocycles. The number of hydrogen-bond donors (Lipinski definition) is 0. The van der Waals surface area contributed by atoms with E-state index < -0.39 is 0 Å². The molecule has 3 heterocycles. The number of nitrogens with zero attached hydrogens (tertiary/aromatic N) is 6. The molecule has 3 aromatic heterocycles. The minimum absolute atomic E-state index is 0.203. The molecular formula is C36H22N6O. The van der Waals surface area contributed by atoms with Gasteiger partial charge in [0, 0.05) is 21.9 Å². The van der Waals surface area contributed by atoms with Crippen LogP contribution in [-0.4, -0.2) is 29.5 Å². The molecule has 0 atom stereocenters. The lowest BCUT2D eigenvalue weighted by Crippen LogP contribution is -2.24. The Bertz CT molecular complexity index is 2370. The van der Waals surface area contributed by atoms with E-state index in [9.17, 15) is 4.79 Å². The third kappa shape index (κ3) is 4.22. The van der Waals surface area contributed by atoms with Crippen molar-refractivity contribution < 1.29 is 0 Å². The molecule has 43 heavy (non-hydrogen) atoms. The fraction of sp³-hybridized carbons (Fsp3) is 0. The molecule has 0 saturated heterocycles. The Morgan fingerprint density at radius 1 is 0.419 bits per heavy atom. The van der Waals surface area contributed by atoms with Gasteiger partial charge in [0.2, 0.25) is 5.95 Å². The summed E-state index contributed by atoms with van der Waals surface area (Å²) in [6.45, 7) is 0. The number of aromatic nitrogens is 6. The Balaban J connectivity index is 1.48. The second-order valence-electron chi connectivity index (χ2n) is 10.1. The standard InChI is InChI=1S/C36H22N6O/c43-35-27-19-9-12-22-30(27)38-34(33-37-28-20-10-7-17-25(28)31(40-33)23-13-3-1-4-14-23)42(35)36-39-29-21-11-8-18-26(29)32(41-36)24-15-5-2-6-16-24/h1-22H. The molecule has 0 N–H and O–H groups in total. The van der Waals surface area contributed by atoms with Crippen LogP contribution < -0.4 is 5.56 Å². The van der Waals surface area contributed by atoms with E-state index in [-0.39, 0.29) is 17.3 Å². The number of para-hydroxylation sites is 3. The van der Waals surface area contributed by atoms with Gasteiger partial charge in [-0.25, -0.2) is 29.5 Å². The first-order valence-electron chi connectivity index (χ1n) is 13.9. The summed E-state index contributed by atoms with van der Waals surface area (Å²) in [5, 5.41) is 2.24. The average molecular weight is 555 g/mol. The molecule has 0 aliphatic rings. The summed E-state index contributed by atoms with van der Waals surface area (Å²) in [7, 11) is 0. The molecule has 5 aromatic carbocycles. The zero-order valence-corrected chi connectivity index (χ0v) is 22.8. The Morgan fingerprint density at radius 2 is 0.884 bits per heavy atom. The molecule has 7 nitrogen and oxygen atoms in total. The van der Waals surface area contributed by atoms with E-state index in [1.54, 1.807) is 6.07 Å². The lowest BCUT2D eigenvalue weighted by atomic mass is 10.1. The van der Waals surface area contributed by atoms with Crippen LogP contribution in [0, 0.1) is 0 Å². The molecule has 202 valence electrons. The highest BCUT2D eigenvalue weighted by molar-refractivity contribution is 5.94. The summed E-state index contributed by atoms with van der Waals surface area (Å²) in [5.41, 5.74) is 5.01. The second-order valence-corrected chi connectivity index (χ2v) is 10.1. The van der Waals surface area contributed by atoms with Crippen molar-refractivity contribution in [2.24, 2.45) is 0 Å². The first-order chi connectivity index (χ1) is 21.2. The first kappa shape index (κ1) is 24.7. The molecule has 8 rings (SSSR count). The topological polar surface area (TPSA) is 86.5 Å². The van der Waals surface area contributed by atoms with Crippen LogP contribution in [0.1, 0.15) is 0 Å². The van der Waals surface area contributed by atoms with E-state index in [0.29, 0.717) is 22.2 Å². The number of fused-ring (bicyclic) bond motifs is 3. The van der Waals surface area contributed by atoms with Crippen LogP contribution in [0.25, 0.3) is 72.8 Å². The Labute approximate surface area is 245 Å². The Kier molecular flexibility index (Phi) is 5.79. The highest BCUT2D eigenvalue weighted by Gasteiger charge is 2.22. The normalized spacial score (nSPS) is 11.3. The predicted molar refractivity (Wildman–Crippen MR) is 170 cm³/mol. The van der Waals surface area contributed by atoms with Crippen LogP contribution in [0.5, 0.6) is 0 Å². The molecule has 0 unspecified atom stereocenters. The number of benzene rings is 5. The van der Waals surface area contributed by atoms with Gasteiger partial charge in [-0.2, -0.15) is 0 Å². The van der Waals surface area contributed by atoms with Crippen molar-refractivity contribution in [3.63, 3.8) is 0 Å². The van der Waals surface area contributed by atoms with Crippen LogP contribution in [0.15, 0.2) is 138 Å². The van der Waals surface area contributed by atoms with Gasteiger partial charge >= 0.3 is 0 Å². The van der Waals surface area contributed by atoms with Gasteiger partial charge < -0.3 is 0 Å². The van der Waals surface area contributed by atoms with Crippen LogP contribution in [-0.2, 0) is 0 Å². The zero-order valence-electron chi connectivity index (χ0n) is 22.8. The van der Waals surface area contributed by atoms with Gasteiger partial charge in [0.05, 0.1) is 33.3 Å². The zero-order chi connectivity index (χ0) is 28.8. The van der Waals surface area contributed by atoms with Gasteiger partial charge in [-0.05, 0) is 24.3 Å². The second kappa shape index (κ2) is 10.1. The number of rotatable bonds is 4. The molecule has 0 saturated carbocycles. The molecule has 0 fully saturated rings. The van der Waals surface area contributed by atoms with E-state index in [1.165, 1.54) is 4.57 Å². The maximum atomic E-state index is 14.3. The van der Waals surface area contributed by atoms with Gasteiger partial charge in [0.25, 0.3) is 5.56 Å². The van der Waals surface area contributed by atoms with Crippen molar-refractivity contribution in [3.8, 4) is 40.1 Å². The Hall–Kier alpha value is -6.08. The highest BCUT2D eigenvalue weighted by atomic mass is 16.1. The van der Waals surface area contributed by atoms with E-state index in [1.807, 2.05) is 127 Å². The van der Waals surface area contributed by atoms with Crippen molar-refractivity contribution in [2.75, 3.05) is 0 Å². The van der Waals surface area contributed by atoms with Gasteiger partial charge in [-0.15, -0.1) is 0 Å². The maximum Gasteiger partial charge on any atom is 0.268 e. The van der Waals surface area contributed by atoms with Crippen molar-refractivity contribution in [3.05, 3.63) is 144 Å². The fourth-order valence-corrected chi connectivity index (χ4v) is 5.44. The monoisotopic (exact) mass is 554 g/mol. The Morgan fingerprint density at radius 3 is 1.49 bits per heavy atom. The summed E-state index contributed by atoms with van der Waals surface area (Å²) in [6.07, 6.45) is 0. The quantitative estimate of drug-likeness (QED) is 0.227. The summed E-state index contributed by atoms with van der Waals surface area (Å²) < 4.78 is 1.44. The van der Waals surface area contributed by atoms with E-state index >= 15 is 0 Å². The maximum absolute atomic E-state index is 14.3. The largest absolute Gasteiger partial charge is 0.268 e. The van der Waals surface area contributed by atoms with Gasteiger partial charge in [-0.3, -0.25) is 4.79 Å². The lowest BCUT2D eigenvalue weighted by molar-refractivity contribution is 0.882. The van der Waals surface area contributed by atoms with Crippen molar-refractivity contribution in [2.45, 2.75) is 0 Å². The third-order valence-electron chi connectivity index (χ3n) is 7.46. The smallest absolute Gasteiger partial charge is 0.268 e. The van der Waals surface area contributed by atoms with Crippen molar-refractivity contribution in [1.29, 1.82) is 0 Å². The molecule has 8 aromatic rings.